The number of ketones is 1. The van der Waals surface area contributed by atoms with Gasteiger partial charge < -0.3 is 10.1 Å². The van der Waals surface area contributed by atoms with E-state index in [-0.39, 0.29) is 17.5 Å². The number of nitrogens with one attached hydrogen (secondary N) is 1. The van der Waals surface area contributed by atoms with Crippen LogP contribution in [0.1, 0.15) is 17.3 Å². The fourth-order valence-corrected chi connectivity index (χ4v) is 2.89. The third-order valence-electron chi connectivity index (χ3n) is 2.97. The van der Waals surface area contributed by atoms with E-state index >= 15 is 0 Å². The first-order valence-corrected chi connectivity index (χ1v) is 8.21. The van der Waals surface area contributed by atoms with Gasteiger partial charge in [0.2, 0.25) is 0 Å². The van der Waals surface area contributed by atoms with Gasteiger partial charge in [-0.25, -0.2) is 4.79 Å². The zero-order valence-corrected chi connectivity index (χ0v) is 13.5. The summed E-state index contributed by atoms with van der Waals surface area (Å²) in [6.07, 6.45) is 1.06. The maximum absolute atomic E-state index is 11.8. The molecule has 2 rings (SSSR count). The molecule has 0 saturated carbocycles. The van der Waals surface area contributed by atoms with E-state index < -0.39 is 21.5 Å². The van der Waals surface area contributed by atoms with Crippen LogP contribution in [0.3, 0.4) is 0 Å². The number of hydrogen-bond donors (Lipinski definition) is 2. The first-order valence-electron chi connectivity index (χ1n) is 6.33. The third-order valence-corrected chi connectivity index (χ3v) is 4.39. The molecule has 0 bridgehead atoms. The minimum atomic E-state index is -4.54. The molecule has 0 saturated heterocycles. The molecular formula is C13H13ClN2O6S. The van der Waals surface area contributed by atoms with Gasteiger partial charge in [0, 0.05) is 11.8 Å². The van der Waals surface area contributed by atoms with Crippen LogP contribution in [0.15, 0.2) is 35.5 Å². The topological polar surface area (TPSA) is 113 Å². The Balaban J connectivity index is 2.05. The van der Waals surface area contributed by atoms with Gasteiger partial charge in [-0.15, -0.1) is 0 Å². The van der Waals surface area contributed by atoms with E-state index in [0.29, 0.717) is 11.3 Å². The van der Waals surface area contributed by atoms with E-state index in [1.54, 1.807) is 24.3 Å². The highest BCUT2D eigenvalue weighted by Gasteiger charge is 2.34. The summed E-state index contributed by atoms with van der Waals surface area (Å²) in [5.74, 6) is 0.321. The largest absolute Gasteiger partial charge is 0.473 e. The van der Waals surface area contributed by atoms with Crippen LogP contribution in [-0.4, -0.2) is 41.8 Å². The summed E-state index contributed by atoms with van der Waals surface area (Å²) in [7, 11) is -4.54. The molecule has 0 radical (unpaired) electrons. The van der Waals surface area contributed by atoms with Crippen molar-refractivity contribution in [3.05, 3.63) is 41.1 Å². The van der Waals surface area contributed by atoms with Crippen LogP contribution < -0.4 is 10.1 Å². The quantitative estimate of drug-likeness (QED) is 0.608. The van der Waals surface area contributed by atoms with Crippen molar-refractivity contribution in [2.45, 2.75) is 12.3 Å². The Kier molecular flexibility index (Phi) is 4.93. The van der Waals surface area contributed by atoms with E-state index in [1.807, 2.05) is 5.32 Å². The zero-order chi connectivity index (χ0) is 17.2. The Morgan fingerprint density at radius 3 is 2.52 bits per heavy atom. The van der Waals surface area contributed by atoms with Crippen molar-refractivity contribution < 1.29 is 27.3 Å². The molecule has 23 heavy (non-hydrogen) atoms. The molecule has 124 valence electrons. The average Bonchev–Trinajstić information content (AvgIpc) is 2.47. The van der Waals surface area contributed by atoms with Crippen molar-refractivity contribution in [3.63, 3.8) is 0 Å². The number of benzene rings is 1. The summed E-state index contributed by atoms with van der Waals surface area (Å²) in [6, 6.07) is 5.48. The molecule has 0 aliphatic carbocycles. The molecule has 10 heteroatoms. The number of rotatable bonds is 5. The number of carbonyl (C=O) groups is 2. The van der Waals surface area contributed by atoms with Crippen LogP contribution >= 0.6 is 11.6 Å². The SMILES string of the molecule is CC(=O)c1ccc(OCN2C=C(Cl)C(S(=O)(=O)O)NC2=O)cc1. The highest BCUT2D eigenvalue weighted by Crippen LogP contribution is 2.20. The molecule has 0 spiro atoms. The van der Waals surface area contributed by atoms with Crippen LogP contribution in [0.2, 0.25) is 0 Å². The van der Waals surface area contributed by atoms with Gasteiger partial charge in [-0.05, 0) is 31.2 Å². The molecule has 8 nitrogen and oxygen atoms in total. The van der Waals surface area contributed by atoms with Gasteiger partial charge in [-0.1, -0.05) is 11.6 Å². The molecule has 2 N–H and O–H groups in total. The number of urea groups is 1. The molecule has 1 aliphatic rings. The molecule has 1 unspecified atom stereocenters. The van der Waals surface area contributed by atoms with Gasteiger partial charge >= 0.3 is 6.03 Å². The number of ether oxygens (including phenoxy) is 1. The van der Waals surface area contributed by atoms with Crippen molar-refractivity contribution in [2.75, 3.05) is 6.73 Å². The van der Waals surface area contributed by atoms with Crippen LogP contribution in [0.4, 0.5) is 4.79 Å². The average molecular weight is 361 g/mol. The Hall–Kier alpha value is -2.10. The van der Waals surface area contributed by atoms with Gasteiger partial charge in [0.05, 0.1) is 5.03 Å². The lowest BCUT2D eigenvalue weighted by molar-refractivity contribution is 0.101. The number of nitrogens with zero attached hydrogens (tertiary/aromatic N) is 1. The van der Waals surface area contributed by atoms with Gasteiger partial charge in [0.25, 0.3) is 10.1 Å². The fraction of sp³-hybridized carbons (Fsp3) is 0.231. The van der Waals surface area contributed by atoms with Crippen LogP contribution in [-0.2, 0) is 10.1 Å². The second-order valence-electron chi connectivity index (χ2n) is 4.68. The molecule has 1 aliphatic heterocycles. The number of amides is 2. The van der Waals surface area contributed by atoms with Gasteiger partial charge in [0.15, 0.2) is 17.9 Å². The molecule has 2 amide bonds. The van der Waals surface area contributed by atoms with Crippen LogP contribution in [0.25, 0.3) is 0 Å². The summed E-state index contributed by atoms with van der Waals surface area (Å²) < 4.78 is 36.4. The first kappa shape index (κ1) is 17.3. The summed E-state index contributed by atoms with van der Waals surface area (Å²) in [4.78, 5) is 23.9. The van der Waals surface area contributed by atoms with Crippen LogP contribution in [0.5, 0.6) is 5.75 Å². The number of Topliss-reactive ketones (excluding diaryl/α,β-unsaturated/α-hetero) is 1. The van der Waals surface area contributed by atoms with E-state index in [0.717, 1.165) is 11.1 Å². The fourth-order valence-electron chi connectivity index (χ4n) is 1.78. The number of hydrogen-bond acceptors (Lipinski definition) is 5. The molecule has 1 aromatic rings. The first-order chi connectivity index (χ1) is 10.7. The van der Waals surface area contributed by atoms with Crippen molar-refractivity contribution >= 4 is 33.5 Å². The molecule has 1 aromatic carbocycles. The predicted octanol–water partition coefficient (Wildman–Crippen LogP) is 1.54. The smallest absolute Gasteiger partial charge is 0.325 e. The lowest BCUT2D eigenvalue weighted by atomic mass is 10.1. The Morgan fingerprint density at radius 1 is 1.39 bits per heavy atom. The summed E-state index contributed by atoms with van der Waals surface area (Å²) in [6.45, 7) is 1.20. The van der Waals surface area contributed by atoms with Gasteiger partial charge in [-0.2, -0.15) is 8.42 Å². The maximum Gasteiger partial charge on any atom is 0.325 e. The summed E-state index contributed by atoms with van der Waals surface area (Å²) in [5.41, 5.74) is 0.520. The molecule has 1 heterocycles. The second-order valence-corrected chi connectivity index (χ2v) is 6.62. The standard InChI is InChI=1S/C13H13ClN2O6S/c1-8(17)9-2-4-10(5-3-9)22-7-16-6-11(14)12(15-13(16)18)23(19,20)21/h2-6,12H,7H2,1H3,(H,15,18)(H,19,20,21). The molecule has 0 fully saturated rings. The minimum Gasteiger partial charge on any atom is -0.473 e. The Morgan fingerprint density at radius 2 is 2.00 bits per heavy atom. The maximum atomic E-state index is 11.8. The monoisotopic (exact) mass is 360 g/mol. The third kappa shape index (κ3) is 4.21. The van der Waals surface area contributed by atoms with E-state index in [2.05, 4.69) is 0 Å². The van der Waals surface area contributed by atoms with Crippen molar-refractivity contribution in [1.29, 1.82) is 0 Å². The van der Waals surface area contributed by atoms with Crippen LogP contribution in [0, 0.1) is 0 Å². The molecule has 1 atom stereocenters. The van der Waals surface area contributed by atoms with Crippen molar-refractivity contribution in [2.24, 2.45) is 0 Å². The van der Waals surface area contributed by atoms with Gasteiger partial charge in [0.1, 0.15) is 5.75 Å². The lowest BCUT2D eigenvalue weighted by Gasteiger charge is -2.27. The lowest BCUT2D eigenvalue weighted by Crippen LogP contribution is -2.51. The van der Waals surface area contributed by atoms with E-state index in [1.165, 1.54) is 6.92 Å². The molecular weight excluding hydrogens is 348 g/mol. The minimum absolute atomic E-state index is 0.0853. The molecule has 0 aromatic heterocycles. The zero-order valence-electron chi connectivity index (χ0n) is 11.9. The van der Waals surface area contributed by atoms with Crippen molar-refractivity contribution in [1.82, 2.24) is 10.2 Å². The highest BCUT2D eigenvalue weighted by molar-refractivity contribution is 7.86. The van der Waals surface area contributed by atoms with Gasteiger partial charge in [-0.3, -0.25) is 14.2 Å². The Labute approximate surface area is 137 Å². The normalized spacial score (nSPS) is 18.2. The van der Waals surface area contributed by atoms with E-state index in [4.69, 9.17) is 20.9 Å². The predicted molar refractivity (Wildman–Crippen MR) is 81.6 cm³/mol. The second kappa shape index (κ2) is 6.57. The highest BCUT2D eigenvalue weighted by atomic mass is 35.5. The Bertz CT molecular complexity index is 759. The summed E-state index contributed by atoms with van der Waals surface area (Å²) >= 11 is 5.74. The van der Waals surface area contributed by atoms with Crippen molar-refractivity contribution in [3.8, 4) is 5.75 Å². The number of halogens is 1. The van der Waals surface area contributed by atoms with E-state index in [9.17, 15) is 18.0 Å². The number of carbonyl (C=O) groups excluding carboxylic acids is 2. The summed E-state index contributed by atoms with van der Waals surface area (Å²) in [5, 5.41) is 0.0734.